The van der Waals surface area contributed by atoms with Gasteiger partial charge in [0.15, 0.2) is 0 Å². The minimum absolute atomic E-state index is 0.262. The molecule has 0 aliphatic rings. The Morgan fingerprint density at radius 1 is 1.00 bits per heavy atom. The Morgan fingerprint density at radius 2 is 1.80 bits per heavy atom. The van der Waals surface area contributed by atoms with Gasteiger partial charge in [-0.2, -0.15) is 11.8 Å². The Morgan fingerprint density at radius 3 is 2.60 bits per heavy atom. The molecule has 0 aromatic heterocycles. The fourth-order valence-electron chi connectivity index (χ4n) is 1.58. The summed E-state index contributed by atoms with van der Waals surface area (Å²) in [6.45, 7) is 0.262. The summed E-state index contributed by atoms with van der Waals surface area (Å²) in [5.74, 6) is 1.79. The molecule has 0 saturated heterocycles. The van der Waals surface area contributed by atoms with Crippen molar-refractivity contribution >= 4 is 22.5 Å². The van der Waals surface area contributed by atoms with Crippen molar-refractivity contribution in [1.29, 1.82) is 0 Å². The number of thioether (sulfide) groups is 1. The van der Waals surface area contributed by atoms with Gasteiger partial charge in [0, 0.05) is 11.5 Å². The molecule has 2 aromatic carbocycles. The molecule has 2 rings (SSSR count). The van der Waals surface area contributed by atoms with Crippen LogP contribution >= 0.6 is 11.8 Å². The molecule has 0 radical (unpaired) electrons. The van der Waals surface area contributed by atoms with E-state index < -0.39 is 0 Å². The highest BCUT2D eigenvalue weighted by molar-refractivity contribution is 7.98. The van der Waals surface area contributed by atoms with E-state index in [9.17, 15) is 0 Å². The average Bonchev–Trinajstić information content (AvgIpc) is 2.29. The van der Waals surface area contributed by atoms with E-state index in [-0.39, 0.29) is 6.61 Å². The van der Waals surface area contributed by atoms with Gasteiger partial charge < -0.3 is 5.11 Å². The first-order valence-electron chi connectivity index (χ1n) is 5.06. The lowest BCUT2D eigenvalue weighted by Crippen LogP contribution is -1.87. The van der Waals surface area contributed by atoms with Crippen LogP contribution in [-0.4, -0.2) is 17.5 Å². The summed E-state index contributed by atoms with van der Waals surface area (Å²) in [5, 5.41) is 11.3. The first kappa shape index (κ1) is 10.5. The van der Waals surface area contributed by atoms with Crippen LogP contribution in [0.5, 0.6) is 0 Å². The lowest BCUT2D eigenvalue weighted by atomic mass is 10.1. The first-order chi connectivity index (χ1) is 7.40. The van der Waals surface area contributed by atoms with Gasteiger partial charge in [0.2, 0.25) is 0 Å². The maximum Gasteiger partial charge on any atom is 0.0521 e. The molecular weight excluding hydrogens is 204 g/mol. The second-order valence-electron chi connectivity index (χ2n) is 3.46. The zero-order valence-electron chi connectivity index (χ0n) is 8.52. The monoisotopic (exact) mass is 218 g/mol. The molecule has 0 bridgehead atoms. The molecule has 1 N–H and O–H groups in total. The number of hydrogen-bond acceptors (Lipinski definition) is 2. The van der Waals surface area contributed by atoms with Crippen molar-refractivity contribution in [2.45, 2.75) is 5.75 Å². The van der Waals surface area contributed by atoms with E-state index in [1.807, 2.05) is 0 Å². The third-order valence-electron chi connectivity index (χ3n) is 2.32. The summed E-state index contributed by atoms with van der Waals surface area (Å²) in [5.41, 5.74) is 1.33. The lowest BCUT2D eigenvalue weighted by Gasteiger charge is -2.02. The minimum Gasteiger partial charge on any atom is -0.396 e. The molecule has 0 saturated carbocycles. The standard InChI is InChI=1S/C13H14OS/c14-7-8-15-10-11-5-6-12-3-1-2-4-13(12)9-11/h1-6,9,14H,7-8,10H2. The maximum atomic E-state index is 8.70. The molecule has 0 unspecified atom stereocenters. The van der Waals surface area contributed by atoms with Crippen LogP contribution in [0.1, 0.15) is 5.56 Å². The maximum absolute atomic E-state index is 8.70. The topological polar surface area (TPSA) is 20.2 Å². The Hall–Kier alpha value is -0.990. The molecule has 2 aromatic rings. The highest BCUT2D eigenvalue weighted by Gasteiger charge is 1.96. The van der Waals surface area contributed by atoms with Crippen molar-refractivity contribution in [1.82, 2.24) is 0 Å². The van der Waals surface area contributed by atoms with E-state index >= 15 is 0 Å². The Bertz CT molecular complexity index is 439. The van der Waals surface area contributed by atoms with Crippen LogP contribution in [0.15, 0.2) is 42.5 Å². The normalized spacial score (nSPS) is 10.7. The third kappa shape index (κ3) is 2.74. The van der Waals surface area contributed by atoms with Crippen molar-refractivity contribution in [3.05, 3.63) is 48.0 Å². The summed E-state index contributed by atoms with van der Waals surface area (Å²) in [6, 6.07) is 14.9. The number of fused-ring (bicyclic) bond motifs is 1. The Kier molecular flexibility index (Phi) is 3.64. The summed E-state index contributed by atoms with van der Waals surface area (Å²) in [7, 11) is 0. The van der Waals surface area contributed by atoms with Crippen LogP contribution in [0.4, 0.5) is 0 Å². The van der Waals surface area contributed by atoms with E-state index in [4.69, 9.17) is 5.11 Å². The second kappa shape index (κ2) is 5.19. The molecule has 1 nitrogen and oxygen atoms in total. The van der Waals surface area contributed by atoms with Crippen molar-refractivity contribution in [2.24, 2.45) is 0 Å². The van der Waals surface area contributed by atoms with Gasteiger partial charge in [-0.15, -0.1) is 0 Å². The quantitative estimate of drug-likeness (QED) is 0.796. The zero-order chi connectivity index (χ0) is 10.5. The van der Waals surface area contributed by atoms with E-state index in [0.717, 1.165) is 11.5 Å². The number of aliphatic hydroxyl groups is 1. The summed E-state index contributed by atoms with van der Waals surface area (Å²) < 4.78 is 0. The van der Waals surface area contributed by atoms with Gasteiger partial charge in [-0.3, -0.25) is 0 Å². The molecule has 0 fully saturated rings. The molecule has 0 heterocycles. The molecule has 0 atom stereocenters. The van der Waals surface area contributed by atoms with Gasteiger partial charge in [0.1, 0.15) is 0 Å². The van der Waals surface area contributed by atoms with Crippen LogP contribution < -0.4 is 0 Å². The molecule has 0 amide bonds. The fraction of sp³-hybridized carbons (Fsp3) is 0.231. The molecule has 78 valence electrons. The van der Waals surface area contributed by atoms with Crippen LogP contribution in [0, 0.1) is 0 Å². The molecular formula is C13H14OS. The van der Waals surface area contributed by atoms with Crippen molar-refractivity contribution in [2.75, 3.05) is 12.4 Å². The Balaban J connectivity index is 2.16. The molecule has 2 heteroatoms. The zero-order valence-corrected chi connectivity index (χ0v) is 9.33. The minimum atomic E-state index is 0.262. The fourth-order valence-corrected chi connectivity index (χ4v) is 2.27. The van der Waals surface area contributed by atoms with E-state index in [1.165, 1.54) is 16.3 Å². The van der Waals surface area contributed by atoms with Crippen molar-refractivity contribution in [3.8, 4) is 0 Å². The van der Waals surface area contributed by atoms with E-state index in [1.54, 1.807) is 11.8 Å². The third-order valence-corrected chi connectivity index (χ3v) is 3.33. The summed E-state index contributed by atoms with van der Waals surface area (Å²) >= 11 is 1.76. The SMILES string of the molecule is OCCSCc1ccc2ccccc2c1. The van der Waals surface area contributed by atoms with Crippen LogP contribution in [0.25, 0.3) is 10.8 Å². The average molecular weight is 218 g/mol. The smallest absolute Gasteiger partial charge is 0.0521 e. The van der Waals surface area contributed by atoms with Gasteiger partial charge in [-0.25, -0.2) is 0 Å². The van der Waals surface area contributed by atoms with Gasteiger partial charge in [0.05, 0.1) is 6.61 Å². The van der Waals surface area contributed by atoms with Gasteiger partial charge in [0.25, 0.3) is 0 Å². The van der Waals surface area contributed by atoms with Gasteiger partial charge >= 0.3 is 0 Å². The van der Waals surface area contributed by atoms with Crippen LogP contribution in [-0.2, 0) is 5.75 Å². The highest BCUT2D eigenvalue weighted by atomic mass is 32.2. The predicted molar refractivity (Wildman–Crippen MR) is 67.2 cm³/mol. The summed E-state index contributed by atoms with van der Waals surface area (Å²) in [4.78, 5) is 0. The van der Waals surface area contributed by atoms with Crippen molar-refractivity contribution in [3.63, 3.8) is 0 Å². The van der Waals surface area contributed by atoms with Crippen molar-refractivity contribution < 1.29 is 5.11 Å². The number of hydrogen-bond donors (Lipinski definition) is 1. The van der Waals surface area contributed by atoms with E-state index in [0.29, 0.717) is 0 Å². The predicted octanol–water partition coefficient (Wildman–Crippen LogP) is 3.07. The van der Waals surface area contributed by atoms with Gasteiger partial charge in [-0.1, -0.05) is 42.5 Å². The largest absolute Gasteiger partial charge is 0.396 e. The number of benzene rings is 2. The lowest BCUT2D eigenvalue weighted by molar-refractivity contribution is 0.322. The first-order valence-corrected chi connectivity index (χ1v) is 6.22. The second-order valence-corrected chi connectivity index (χ2v) is 4.56. The molecule has 0 aliphatic heterocycles. The van der Waals surface area contributed by atoms with Crippen LogP contribution in [0.2, 0.25) is 0 Å². The molecule has 0 aliphatic carbocycles. The molecule has 0 spiro atoms. The molecule has 15 heavy (non-hydrogen) atoms. The number of rotatable bonds is 4. The van der Waals surface area contributed by atoms with E-state index in [2.05, 4.69) is 42.5 Å². The highest BCUT2D eigenvalue weighted by Crippen LogP contribution is 2.18. The van der Waals surface area contributed by atoms with Crippen LogP contribution in [0.3, 0.4) is 0 Å². The summed E-state index contributed by atoms with van der Waals surface area (Å²) in [6.07, 6.45) is 0. The number of aliphatic hydroxyl groups excluding tert-OH is 1. The van der Waals surface area contributed by atoms with Gasteiger partial charge in [-0.05, 0) is 16.3 Å². The Labute approximate surface area is 94.1 Å².